The Morgan fingerprint density at radius 1 is 1.30 bits per heavy atom. The van der Waals surface area contributed by atoms with Crippen molar-refractivity contribution in [3.63, 3.8) is 0 Å². The quantitative estimate of drug-likeness (QED) is 0.637. The van der Waals surface area contributed by atoms with Crippen molar-refractivity contribution in [3.05, 3.63) is 40.6 Å². The summed E-state index contributed by atoms with van der Waals surface area (Å²) in [5.41, 5.74) is 3.84. The van der Waals surface area contributed by atoms with Gasteiger partial charge in [0.05, 0.1) is 6.54 Å². The molecule has 27 heavy (non-hydrogen) atoms. The number of hydrogen-bond acceptors (Lipinski definition) is 6. The van der Waals surface area contributed by atoms with Crippen LogP contribution in [0.1, 0.15) is 34.1 Å². The zero-order valence-electron chi connectivity index (χ0n) is 14.9. The summed E-state index contributed by atoms with van der Waals surface area (Å²) < 4.78 is 0. The van der Waals surface area contributed by atoms with Crippen LogP contribution in [0.5, 0.6) is 0 Å². The molecule has 8 nitrogen and oxygen atoms in total. The van der Waals surface area contributed by atoms with E-state index in [1.807, 2.05) is 11.0 Å². The number of nitrogens with one attached hydrogen (secondary N) is 2. The second-order valence-corrected chi connectivity index (χ2v) is 6.76. The van der Waals surface area contributed by atoms with Gasteiger partial charge in [0.15, 0.2) is 11.5 Å². The van der Waals surface area contributed by atoms with E-state index in [1.165, 1.54) is 0 Å². The molecule has 4 rings (SSSR count). The molecule has 2 aliphatic rings. The lowest BCUT2D eigenvalue weighted by Crippen LogP contribution is -2.34. The summed E-state index contributed by atoms with van der Waals surface area (Å²) in [6.07, 6.45) is 1.50. The first-order chi connectivity index (χ1) is 13.0. The van der Waals surface area contributed by atoms with Crippen LogP contribution in [0, 0.1) is 16.7 Å². The highest BCUT2D eigenvalue weighted by molar-refractivity contribution is 6.50. The highest BCUT2D eigenvalue weighted by atomic mass is 16.2. The highest BCUT2D eigenvalue weighted by Gasteiger charge is 2.30. The van der Waals surface area contributed by atoms with Crippen LogP contribution in [-0.4, -0.2) is 45.6 Å². The van der Waals surface area contributed by atoms with Gasteiger partial charge in [0.1, 0.15) is 6.07 Å². The summed E-state index contributed by atoms with van der Waals surface area (Å²) in [6, 6.07) is 6.83. The fraction of sp³-hybridized carbons (Fsp3) is 0.316. The first-order valence-corrected chi connectivity index (χ1v) is 8.75. The zero-order chi connectivity index (χ0) is 19.1. The van der Waals surface area contributed by atoms with Gasteiger partial charge in [-0.25, -0.2) is 0 Å². The molecule has 2 N–H and O–H groups in total. The maximum absolute atomic E-state index is 12.1. The number of amides is 1. The predicted molar refractivity (Wildman–Crippen MR) is 98.2 cm³/mol. The number of H-pyrrole nitrogens is 1. The van der Waals surface area contributed by atoms with E-state index in [0.717, 1.165) is 47.7 Å². The Bertz CT molecular complexity index is 1020. The molecule has 1 amide bonds. The van der Waals surface area contributed by atoms with Gasteiger partial charge < -0.3 is 9.80 Å². The Kier molecular flexibility index (Phi) is 4.00. The van der Waals surface area contributed by atoms with E-state index in [4.69, 9.17) is 10.7 Å². The van der Waals surface area contributed by atoms with Crippen LogP contribution < -0.4 is 4.90 Å². The van der Waals surface area contributed by atoms with Gasteiger partial charge in [-0.2, -0.15) is 10.4 Å². The van der Waals surface area contributed by atoms with Gasteiger partial charge in [-0.3, -0.25) is 20.1 Å². The third-order valence-electron chi connectivity index (χ3n) is 5.19. The molecule has 0 saturated heterocycles. The van der Waals surface area contributed by atoms with E-state index in [2.05, 4.69) is 15.1 Å². The van der Waals surface area contributed by atoms with Crippen LogP contribution in [0.2, 0.25) is 0 Å². The van der Waals surface area contributed by atoms with E-state index in [9.17, 15) is 9.59 Å². The molecular weight excluding hydrogens is 344 g/mol. The predicted octanol–water partition coefficient (Wildman–Crippen LogP) is 1.73. The number of carbonyl (C=O) groups excluding carboxylic acids is 2. The number of rotatable bonds is 3. The molecule has 3 heterocycles. The number of Topliss-reactive ketones (excluding diaryl/α,β-unsaturated/α-hetero) is 1. The molecule has 136 valence electrons. The van der Waals surface area contributed by atoms with Crippen LogP contribution in [0.3, 0.4) is 0 Å². The smallest absolute Gasteiger partial charge is 0.221 e. The molecule has 2 aliphatic heterocycles. The molecule has 0 aliphatic carbocycles. The van der Waals surface area contributed by atoms with Gasteiger partial charge in [-0.1, -0.05) is 0 Å². The monoisotopic (exact) mass is 362 g/mol. The molecular formula is C19H18N6O2. The van der Waals surface area contributed by atoms with Gasteiger partial charge in [-0.05, 0) is 30.2 Å². The fourth-order valence-corrected chi connectivity index (χ4v) is 3.73. The van der Waals surface area contributed by atoms with Crippen molar-refractivity contribution in [3.8, 4) is 6.07 Å². The fourth-order valence-electron chi connectivity index (χ4n) is 3.73. The van der Waals surface area contributed by atoms with Gasteiger partial charge in [0.25, 0.3) is 0 Å². The number of nitrogens with zero attached hydrogens (tertiary/aromatic N) is 4. The van der Waals surface area contributed by atoms with Crippen molar-refractivity contribution in [1.29, 1.82) is 10.7 Å². The van der Waals surface area contributed by atoms with Crippen molar-refractivity contribution in [2.45, 2.75) is 26.3 Å². The topological polar surface area (TPSA) is 117 Å². The van der Waals surface area contributed by atoms with Crippen LogP contribution in [0.15, 0.2) is 18.2 Å². The first kappa shape index (κ1) is 17.0. The second kappa shape index (κ2) is 6.36. The average Bonchev–Trinajstić information content (AvgIpc) is 3.28. The van der Waals surface area contributed by atoms with Crippen LogP contribution >= 0.6 is 0 Å². The van der Waals surface area contributed by atoms with E-state index in [-0.39, 0.29) is 5.91 Å². The van der Waals surface area contributed by atoms with Gasteiger partial charge in [0.2, 0.25) is 11.7 Å². The maximum atomic E-state index is 12.1. The third kappa shape index (κ3) is 2.77. The van der Waals surface area contributed by atoms with Crippen molar-refractivity contribution in [1.82, 2.24) is 15.1 Å². The Balaban J connectivity index is 1.66. The number of aromatic amines is 1. The van der Waals surface area contributed by atoms with Gasteiger partial charge in [0, 0.05) is 48.9 Å². The highest BCUT2D eigenvalue weighted by Crippen LogP contribution is 2.38. The number of anilines is 2. The summed E-state index contributed by atoms with van der Waals surface area (Å²) in [5.74, 6) is 0.310. The number of benzene rings is 1. The number of ketones is 1. The normalized spacial score (nSPS) is 15.1. The molecule has 8 heteroatoms. The van der Waals surface area contributed by atoms with E-state index in [1.54, 1.807) is 25.1 Å². The number of hydrogen-bond donors (Lipinski definition) is 2. The van der Waals surface area contributed by atoms with Crippen LogP contribution in [-0.2, 0) is 24.2 Å². The number of aromatic nitrogens is 2. The van der Waals surface area contributed by atoms with E-state index < -0.39 is 11.5 Å². The van der Waals surface area contributed by atoms with Crippen molar-refractivity contribution in [2.24, 2.45) is 0 Å². The third-order valence-corrected chi connectivity index (χ3v) is 5.19. The summed E-state index contributed by atoms with van der Waals surface area (Å²) >= 11 is 0. The standard InChI is InChI=1S/C19H18N6O2/c1-11(26)24-6-5-16-14(10-24)19(23-22-16)25-7-4-12-8-13(2-3-17(12)25)18(27)15(21)9-20/h2-3,8,21H,4-7,10H2,1H3,(H,22,23). The van der Waals surface area contributed by atoms with Crippen LogP contribution in [0.25, 0.3) is 0 Å². The lowest BCUT2D eigenvalue weighted by molar-refractivity contribution is -0.129. The Hall–Kier alpha value is -3.47. The SMILES string of the molecule is CC(=O)N1CCc2[nH]nc(N3CCc4cc(C(=O)C(=N)C#N)ccc43)c2C1. The maximum Gasteiger partial charge on any atom is 0.221 e. The second-order valence-electron chi connectivity index (χ2n) is 6.76. The molecule has 1 aromatic heterocycles. The number of fused-ring (bicyclic) bond motifs is 2. The molecule has 0 bridgehead atoms. The van der Waals surface area contributed by atoms with Gasteiger partial charge >= 0.3 is 0 Å². The zero-order valence-corrected chi connectivity index (χ0v) is 14.9. The molecule has 0 unspecified atom stereocenters. The largest absolute Gasteiger partial charge is 0.338 e. The Morgan fingerprint density at radius 2 is 2.11 bits per heavy atom. The molecule has 1 aromatic carbocycles. The molecule has 0 radical (unpaired) electrons. The van der Waals surface area contributed by atoms with Crippen molar-refractivity contribution < 1.29 is 9.59 Å². The summed E-state index contributed by atoms with van der Waals surface area (Å²) in [4.78, 5) is 27.7. The molecule has 2 aromatic rings. The van der Waals surface area contributed by atoms with Crippen molar-refractivity contribution in [2.75, 3.05) is 18.0 Å². The van der Waals surface area contributed by atoms with Crippen molar-refractivity contribution >= 4 is 28.9 Å². The number of nitriles is 1. The minimum atomic E-state index is -0.562. The summed E-state index contributed by atoms with van der Waals surface area (Å²) in [6.45, 7) is 3.53. The Labute approximate surface area is 155 Å². The average molecular weight is 362 g/mol. The van der Waals surface area contributed by atoms with Gasteiger partial charge in [-0.15, -0.1) is 0 Å². The molecule has 0 atom stereocenters. The Morgan fingerprint density at radius 3 is 2.85 bits per heavy atom. The van der Waals surface area contributed by atoms with E-state index in [0.29, 0.717) is 18.7 Å². The summed E-state index contributed by atoms with van der Waals surface area (Å²) in [5, 5.41) is 23.8. The first-order valence-electron chi connectivity index (χ1n) is 8.75. The summed E-state index contributed by atoms with van der Waals surface area (Å²) in [7, 11) is 0. The minimum absolute atomic E-state index is 0.0534. The molecule has 0 fully saturated rings. The minimum Gasteiger partial charge on any atom is -0.338 e. The lowest BCUT2D eigenvalue weighted by atomic mass is 10.0. The molecule has 0 spiro atoms. The van der Waals surface area contributed by atoms with E-state index >= 15 is 0 Å². The van der Waals surface area contributed by atoms with Crippen LogP contribution in [0.4, 0.5) is 11.5 Å². The number of carbonyl (C=O) groups is 2. The lowest BCUT2D eigenvalue weighted by Gasteiger charge is -2.27. The molecule has 0 saturated carbocycles.